The van der Waals surface area contributed by atoms with Crippen molar-refractivity contribution >= 4 is 0 Å². The molecule has 2 heterocycles. The van der Waals surface area contributed by atoms with Gasteiger partial charge in [0.2, 0.25) is 0 Å². The third kappa shape index (κ3) is 6.56. The van der Waals surface area contributed by atoms with Crippen LogP contribution in [0.3, 0.4) is 0 Å². The third-order valence-electron chi connectivity index (χ3n) is 5.14. The molecular formula is C19H36N4. The first-order valence-corrected chi connectivity index (χ1v) is 9.41. The number of nitrogens with zero attached hydrogens (tertiary/aromatic N) is 4. The van der Waals surface area contributed by atoms with E-state index in [0.29, 0.717) is 0 Å². The molecule has 0 N–H and O–H groups in total. The molecule has 0 aromatic heterocycles. The van der Waals surface area contributed by atoms with Crippen molar-refractivity contribution in [3.05, 3.63) is 25.1 Å². The minimum atomic E-state index is 1.08. The van der Waals surface area contributed by atoms with Crippen LogP contribution in [0.4, 0.5) is 0 Å². The Kier molecular flexibility index (Phi) is 7.96. The lowest BCUT2D eigenvalue weighted by atomic mass is 10.1. The minimum Gasteiger partial charge on any atom is -0.364 e. The SMILES string of the molecule is C=CN1CCN(CCCCCCCCN2CCN(C(=C)C)C2)C1. The van der Waals surface area contributed by atoms with Gasteiger partial charge in [-0.2, -0.15) is 0 Å². The molecule has 4 heteroatoms. The second kappa shape index (κ2) is 9.99. The Bertz CT molecular complexity index is 368. The van der Waals surface area contributed by atoms with Crippen LogP contribution in [0.5, 0.6) is 0 Å². The molecule has 0 radical (unpaired) electrons. The standard InChI is InChI=1S/C19H36N4/c1-4-20-13-14-21(17-20)11-9-7-5-6-8-10-12-22-15-16-23(18-22)19(2)3/h4H,1-2,5-18H2,3H3. The number of allylic oxidation sites excluding steroid dienone is 1. The summed E-state index contributed by atoms with van der Waals surface area (Å²) in [5.74, 6) is 0. The summed E-state index contributed by atoms with van der Waals surface area (Å²) in [6, 6.07) is 0. The molecule has 0 atom stereocenters. The Morgan fingerprint density at radius 2 is 1.39 bits per heavy atom. The summed E-state index contributed by atoms with van der Waals surface area (Å²) >= 11 is 0. The fourth-order valence-corrected chi connectivity index (χ4v) is 3.52. The summed E-state index contributed by atoms with van der Waals surface area (Å²) in [5.41, 5.74) is 1.21. The third-order valence-corrected chi connectivity index (χ3v) is 5.14. The van der Waals surface area contributed by atoms with Gasteiger partial charge in [-0.3, -0.25) is 9.80 Å². The Balaban J connectivity index is 1.37. The molecular weight excluding hydrogens is 284 g/mol. The van der Waals surface area contributed by atoms with E-state index in [9.17, 15) is 0 Å². The molecule has 0 aromatic rings. The van der Waals surface area contributed by atoms with E-state index in [-0.39, 0.29) is 0 Å². The van der Waals surface area contributed by atoms with Crippen molar-refractivity contribution in [1.29, 1.82) is 0 Å². The Morgan fingerprint density at radius 1 is 0.826 bits per heavy atom. The van der Waals surface area contributed by atoms with Gasteiger partial charge in [0.25, 0.3) is 0 Å². The zero-order valence-electron chi connectivity index (χ0n) is 15.2. The van der Waals surface area contributed by atoms with E-state index in [0.717, 1.165) is 26.4 Å². The van der Waals surface area contributed by atoms with Crippen molar-refractivity contribution in [2.75, 3.05) is 52.6 Å². The summed E-state index contributed by atoms with van der Waals surface area (Å²) in [5, 5.41) is 0. The minimum absolute atomic E-state index is 1.08. The van der Waals surface area contributed by atoms with Crippen molar-refractivity contribution < 1.29 is 0 Å². The molecule has 0 spiro atoms. The Labute approximate surface area is 143 Å². The second-order valence-electron chi connectivity index (χ2n) is 7.13. The number of rotatable bonds is 11. The molecule has 23 heavy (non-hydrogen) atoms. The normalized spacial score (nSPS) is 19.7. The van der Waals surface area contributed by atoms with E-state index in [2.05, 4.69) is 39.7 Å². The van der Waals surface area contributed by atoms with Crippen molar-refractivity contribution in [1.82, 2.24) is 19.6 Å². The van der Waals surface area contributed by atoms with Gasteiger partial charge in [0.1, 0.15) is 0 Å². The molecule has 0 aliphatic carbocycles. The predicted octanol–water partition coefficient (Wildman–Crippen LogP) is 3.15. The van der Waals surface area contributed by atoms with Crippen LogP contribution in [0.2, 0.25) is 0 Å². The van der Waals surface area contributed by atoms with Gasteiger partial charge in [0.05, 0.1) is 13.3 Å². The maximum Gasteiger partial charge on any atom is 0.0704 e. The highest BCUT2D eigenvalue weighted by molar-refractivity contribution is 4.91. The fraction of sp³-hybridized carbons (Fsp3) is 0.789. The molecule has 2 aliphatic heterocycles. The molecule has 2 fully saturated rings. The summed E-state index contributed by atoms with van der Waals surface area (Å²) in [6.07, 6.45) is 10.2. The van der Waals surface area contributed by atoms with Crippen molar-refractivity contribution in [2.45, 2.75) is 45.4 Å². The summed E-state index contributed by atoms with van der Waals surface area (Å²) in [7, 11) is 0. The van der Waals surface area contributed by atoms with E-state index >= 15 is 0 Å². The first-order valence-electron chi connectivity index (χ1n) is 9.41. The van der Waals surface area contributed by atoms with Crippen LogP contribution in [-0.4, -0.2) is 72.2 Å². The van der Waals surface area contributed by atoms with Crippen LogP contribution >= 0.6 is 0 Å². The first kappa shape index (κ1) is 18.3. The van der Waals surface area contributed by atoms with Gasteiger partial charge in [0, 0.05) is 31.9 Å². The van der Waals surface area contributed by atoms with Crippen LogP contribution in [0.15, 0.2) is 25.1 Å². The molecule has 2 saturated heterocycles. The lowest BCUT2D eigenvalue weighted by Crippen LogP contribution is -2.25. The van der Waals surface area contributed by atoms with Gasteiger partial charge in [-0.1, -0.05) is 38.8 Å². The zero-order valence-corrected chi connectivity index (χ0v) is 15.2. The zero-order chi connectivity index (χ0) is 16.5. The average Bonchev–Trinajstić information content (AvgIpc) is 3.19. The van der Waals surface area contributed by atoms with Crippen LogP contribution < -0.4 is 0 Å². The van der Waals surface area contributed by atoms with E-state index in [1.165, 1.54) is 70.4 Å². The lowest BCUT2D eigenvalue weighted by Gasteiger charge is -2.19. The Morgan fingerprint density at radius 3 is 1.91 bits per heavy atom. The molecule has 2 aliphatic rings. The highest BCUT2D eigenvalue weighted by Crippen LogP contribution is 2.13. The van der Waals surface area contributed by atoms with E-state index < -0.39 is 0 Å². The van der Waals surface area contributed by atoms with Gasteiger partial charge < -0.3 is 9.80 Å². The molecule has 0 saturated carbocycles. The maximum absolute atomic E-state index is 4.04. The second-order valence-corrected chi connectivity index (χ2v) is 7.13. The van der Waals surface area contributed by atoms with Gasteiger partial charge in [-0.05, 0) is 39.1 Å². The predicted molar refractivity (Wildman–Crippen MR) is 99.0 cm³/mol. The number of unbranched alkanes of at least 4 members (excludes halogenated alkanes) is 5. The van der Waals surface area contributed by atoms with E-state index in [4.69, 9.17) is 0 Å². The smallest absolute Gasteiger partial charge is 0.0704 e. The molecule has 4 nitrogen and oxygen atoms in total. The van der Waals surface area contributed by atoms with Crippen molar-refractivity contribution in [3.8, 4) is 0 Å². The summed E-state index contributed by atoms with van der Waals surface area (Å²) in [4.78, 5) is 9.79. The maximum atomic E-state index is 4.04. The molecule has 0 unspecified atom stereocenters. The van der Waals surface area contributed by atoms with Crippen molar-refractivity contribution in [2.24, 2.45) is 0 Å². The average molecular weight is 321 g/mol. The topological polar surface area (TPSA) is 13.0 Å². The Hall–Kier alpha value is -1.00. The highest BCUT2D eigenvalue weighted by Gasteiger charge is 2.18. The molecule has 2 rings (SSSR count). The molecule has 0 amide bonds. The van der Waals surface area contributed by atoms with Gasteiger partial charge in [0.15, 0.2) is 0 Å². The monoisotopic (exact) mass is 320 g/mol. The fourth-order valence-electron chi connectivity index (χ4n) is 3.52. The summed E-state index contributed by atoms with van der Waals surface area (Å²) in [6.45, 7) is 19.4. The van der Waals surface area contributed by atoms with Gasteiger partial charge in [-0.25, -0.2) is 0 Å². The van der Waals surface area contributed by atoms with Crippen LogP contribution in [-0.2, 0) is 0 Å². The molecule has 132 valence electrons. The van der Waals surface area contributed by atoms with Crippen LogP contribution in [0.1, 0.15) is 45.4 Å². The van der Waals surface area contributed by atoms with Gasteiger partial charge >= 0.3 is 0 Å². The number of hydrogen-bond acceptors (Lipinski definition) is 4. The first-order chi connectivity index (χ1) is 11.2. The van der Waals surface area contributed by atoms with E-state index in [1.54, 1.807) is 0 Å². The van der Waals surface area contributed by atoms with E-state index in [1.807, 2.05) is 6.20 Å². The summed E-state index contributed by atoms with van der Waals surface area (Å²) < 4.78 is 0. The van der Waals surface area contributed by atoms with Gasteiger partial charge in [-0.15, -0.1) is 0 Å². The number of hydrogen-bond donors (Lipinski definition) is 0. The van der Waals surface area contributed by atoms with Crippen molar-refractivity contribution in [3.63, 3.8) is 0 Å². The van der Waals surface area contributed by atoms with Crippen LogP contribution in [0, 0.1) is 0 Å². The molecule has 0 aromatic carbocycles. The lowest BCUT2D eigenvalue weighted by molar-refractivity contribution is 0.272. The quantitative estimate of drug-likeness (QED) is 0.542. The van der Waals surface area contributed by atoms with Crippen LogP contribution in [0.25, 0.3) is 0 Å². The molecule has 0 bridgehead atoms. The largest absolute Gasteiger partial charge is 0.364 e. The highest BCUT2D eigenvalue weighted by atomic mass is 15.4.